The Labute approximate surface area is 148 Å². The van der Waals surface area contributed by atoms with E-state index < -0.39 is 0 Å². The van der Waals surface area contributed by atoms with Gasteiger partial charge >= 0.3 is 0 Å². The summed E-state index contributed by atoms with van der Waals surface area (Å²) in [4.78, 5) is 23.9. The molecule has 0 radical (unpaired) electrons. The number of benzene rings is 2. The normalized spacial score (nSPS) is 11.6. The second-order valence-electron chi connectivity index (χ2n) is 4.89. The van der Waals surface area contributed by atoms with Crippen LogP contribution in [0.2, 0.25) is 0 Å². The predicted molar refractivity (Wildman–Crippen MR) is 96.9 cm³/mol. The molecule has 2 N–H and O–H groups in total. The molecule has 0 saturated heterocycles. The van der Waals surface area contributed by atoms with E-state index in [-0.39, 0.29) is 17.1 Å². The fraction of sp³-hybridized carbons (Fsp3) is 0.176. The number of hydrogen-bond acceptors (Lipinski definition) is 3. The smallest absolute Gasteiger partial charge is 0.269 e. The van der Waals surface area contributed by atoms with E-state index >= 15 is 0 Å². The van der Waals surface area contributed by atoms with Crippen molar-refractivity contribution in [2.75, 3.05) is 0 Å². The zero-order valence-corrected chi connectivity index (χ0v) is 15.0. The minimum Gasteiger partial charge on any atom is -0.272 e. The molecule has 2 aromatic rings. The van der Waals surface area contributed by atoms with E-state index in [9.17, 15) is 9.59 Å². The summed E-state index contributed by atoms with van der Waals surface area (Å²) in [6.07, 6.45) is 0. The first-order valence-electron chi connectivity index (χ1n) is 7.07. The summed E-state index contributed by atoms with van der Waals surface area (Å²) in [7, 11) is 0. The Bertz CT molecular complexity index is 662. The van der Waals surface area contributed by atoms with Gasteiger partial charge in [-0.3, -0.25) is 20.4 Å². The molecule has 4 nitrogen and oxygen atoms in total. The summed E-state index contributed by atoms with van der Waals surface area (Å²) >= 11 is 4.83. The number of rotatable bonds is 5. The largest absolute Gasteiger partial charge is 0.272 e. The molecule has 0 fully saturated rings. The van der Waals surface area contributed by atoms with Crippen LogP contribution in [0.25, 0.3) is 0 Å². The highest BCUT2D eigenvalue weighted by atomic mass is 79.9. The van der Waals surface area contributed by atoms with Gasteiger partial charge in [0.15, 0.2) is 0 Å². The van der Waals surface area contributed by atoms with Crippen LogP contribution in [0.5, 0.6) is 0 Å². The van der Waals surface area contributed by atoms with E-state index in [2.05, 4.69) is 26.8 Å². The molecule has 0 aliphatic rings. The molecule has 2 amide bonds. The molecule has 0 heterocycles. The zero-order valence-electron chi connectivity index (χ0n) is 12.6. The SMILES string of the molecule is CC(SCc1ccccc1)C(=O)NNC(=O)c1ccc(Br)cc1. The summed E-state index contributed by atoms with van der Waals surface area (Å²) in [6, 6.07) is 16.8. The third-order valence-corrected chi connectivity index (χ3v) is 4.86. The van der Waals surface area contributed by atoms with Crippen molar-refractivity contribution >= 4 is 39.5 Å². The summed E-state index contributed by atoms with van der Waals surface area (Å²) in [5.74, 6) is 0.179. The van der Waals surface area contributed by atoms with Gasteiger partial charge in [0.05, 0.1) is 5.25 Å². The molecular formula is C17H17BrN2O2S. The van der Waals surface area contributed by atoms with E-state index in [1.807, 2.05) is 37.3 Å². The highest BCUT2D eigenvalue weighted by Gasteiger charge is 2.14. The Kier molecular flexibility index (Phi) is 6.67. The average molecular weight is 393 g/mol. The van der Waals surface area contributed by atoms with Crippen LogP contribution in [-0.4, -0.2) is 17.1 Å². The minimum absolute atomic E-state index is 0.226. The maximum absolute atomic E-state index is 12.0. The second-order valence-corrected chi connectivity index (χ2v) is 7.13. The number of nitrogens with one attached hydrogen (secondary N) is 2. The van der Waals surface area contributed by atoms with Crippen molar-refractivity contribution in [2.24, 2.45) is 0 Å². The molecule has 0 aliphatic heterocycles. The Morgan fingerprint density at radius 1 is 1.04 bits per heavy atom. The van der Waals surface area contributed by atoms with Gasteiger partial charge in [0.25, 0.3) is 11.8 Å². The van der Waals surface area contributed by atoms with Gasteiger partial charge in [0, 0.05) is 15.8 Å². The van der Waals surface area contributed by atoms with E-state index in [0.29, 0.717) is 5.56 Å². The van der Waals surface area contributed by atoms with Crippen molar-refractivity contribution < 1.29 is 9.59 Å². The molecule has 0 aromatic heterocycles. The minimum atomic E-state index is -0.342. The third-order valence-electron chi connectivity index (χ3n) is 3.12. The predicted octanol–water partition coefficient (Wildman–Crippen LogP) is 3.53. The molecule has 1 unspecified atom stereocenters. The molecule has 0 bridgehead atoms. The number of carbonyl (C=O) groups excluding carboxylic acids is 2. The Morgan fingerprint density at radius 2 is 1.70 bits per heavy atom. The van der Waals surface area contributed by atoms with Gasteiger partial charge < -0.3 is 0 Å². The first kappa shape index (κ1) is 17.6. The summed E-state index contributed by atoms with van der Waals surface area (Å²) in [5.41, 5.74) is 6.54. The summed E-state index contributed by atoms with van der Waals surface area (Å²) < 4.78 is 0.893. The Hall–Kier alpha value is -1.79. The standard InChI is InChI=1S/C17H17BrN2O2S/c1-12(23-11-13-5-3-2-4-6-13)16(21)19-20-17(22)14-7-9-15(18)10-8-14/h2-10,12H,11H2,1H3,(H,19,21)(H,20,22). The van der Waals surface area contributed by atoms with Gasteiger partial charge in [-0.15, -0.1) is 11.8 Å². The van der Waals surface area contributed by atoms with Gasteiger partial charge in [0.2, 0.25) is 0 Å². The van der Waals surface area contributed by atoms with Crippen LogP contribution < -0.4 is 10.9 Å². The quantitative estimate of drug-likeness (QED) is 0.765. The van der Waals surface area contributed by atoms with Crippen molar-refractivity contribution in [3.05, 3.63) is 70.2 Å². The third kappa shape index (κ3) is 5.73. The fourth-order valence-corrected chi connectivity index (χ4v) is 2.87. The number of carbonyl (C=O) groups is 2. The van der Waals surface area contributed by atoms with Crippen molar-refractivity contribution in [1.29, 1.82) is 0 Å². The monoisotopic (exact) mass is 392 g/mol. The molecule has 0 spiro atoms. The van der Waals surface area contributed by atoms with Crippen molar-refractivity contribution in [2.45, 2.75) is 17.9 Å². The number of halogens is 1. The van der Waals surface area contributed by atoms with E-state index in [4.69, 9.17) is 0 Å². The van der Waals surface area contributed by atoms with Crippen LogP contribution in [0, 0.1) is 0 Å². The highest BCUT2D eigenvalue weighted by Crippen LogP contribution is 2.17. The maximum atomic E-state index is 12.0. The van der Waals surface area contributed by atoms with E-state index in [1.54, 1.807) is 24.3 Å². The molecule has 0 saturated carbocycles. The number of hydrogen-bond donors (Lipinski definition) is 2. The van der Waals surface area contributed by atoms with Gasteiger partial charge in [-0.25, -0.2) is 0 Å². The summed E-state index contributed by atoms with van der Waals surface area (Å²) in [6.45, 7) is 1.81. The molecule has 6 heteroatoms. The lowest BCUT2D eigenvalue weighted by atomic mass is 10.2. The lowest BCUT2D eigenvalue weighted by Gasteiger charge is -2.13. The van der Waals surface area contributed by atoms with Crippen molar-refractivity contribution in [3.8, 4) is 0 Å². The molecule has 2 rings (SSSR count). The lowest BCUT2D eigenvalue weighted by molar-refractivity contribution is -0.121. The van der Waals surface area contributed by atoms with Gasteiger partial charge in [0.1, 0.15) is 0 Å². The molecule has 1 atom stereocenters. The van der Waals surface area contributed by atoms with Gasteiger partial charge in [-0.05, 0) is 36.8 Å². The lowest BCUT2D eigenvalue weighted by Crippen LogP contribution is -2.44. The first-order valence-corrected chi connectivity index (χ1v) is 8.91. The van der Waals surface area contributed by atoms with Crippen LogP contribution in [0.4, 0.5) is 0 Å². The van der Waals surface area contributed by atoms with Crippen LogP contribution in [0.3, 0.4) is 0 Å². The van der Waals surface area contributed by atoms with E-state index in [0.717, 1.165) is 15.8 Å². The number of thioether (sulfide) groups is 1. The van der Waals surface area contributed by atoms with E-state index in [1.165, 1.54) is 11.8 Å². The Morgan fingerprint density at radius 3 is 2.35 bits per heavy atom. The van der Waals surface area contributed by atoms with Crippen LogP contribution in [0.1, 0.15) is 22.8 Å². The maximum Gasteiger partial charge on any atom is 0.269 e. The number of hydrazine groups is 1. The average Bonchev–Trinajstić information content (AvgIpc) is 2.58. The Balaban J connectivity index is 1.77. The summed E-state index contributed by atoms with van der Waals surface area (Å²) in [5, 5.41) is -0.263. The van der Waals surface area contributed by atoms with Crippen LogP contribution >= 0.6 is 27.7 Å². The molecule has 0 aliphatic carbocycles. The van der Waals surface area contributed by atoms with Crippen molar-refractivity contribution in [3.63, 3.8) is 0 Å². The highest BCUT2D eigenvalue weighted by molar-refractivity contribution is 9.10. The fourth-order valence-electron chi connectivity index (χ4n) is 1.76. The molecule has 23 heavy (non-hydrogen) atoms. The topological polar surface area (TPSA) is 58.2 Å². The molecule has 2 aromatic carbocycles. The van der Waals surface area contributed by atoms with Crippen LogP contribution in [0.15, 0.2) is 59.1 Å². The van der Waals surface area contributed by atoms with Gasteiger partial charge in [-0.1, -0.05) is 46.3 Å². The first-order chi connectivity index (χ1) is 11.1. The number of amides is 2. The van der Waals surface area contributed by atoms with Gasteiger partial charge in [-0.2, -0.15) is 0 Å². The second kappa shape index (κ2) is 8.74. The zero-order chi connectivity index (χ0) is 16.7. The van der Waals surface area contributed by atoms with Crippen LogP contribution in [-0.2, 0) is 10.5 Å². The molecular weight excluding hydrogens is 376 g/mol. The molecule has 120 valence electrons. The van der Waals surface area contributed by atoms with Crippen molar-refractivity contribution in [1.82, 2.24) is 10.9 Å².